The quantitative estimate of drug-likeness (QED) is 0.800. The van der Waals surface area contributed by atoms with Crippen molar-refractivity contribution in [2.75, 3.05) is 26.7 Å². The highest BCUT2D eigenvalue weighted by Gasteiger charge is 2.27. The van der Waals surface area contributed by atoms with Crippen molar-refractivity contribution in [2.45, 2.75) is 32.2 Å². The zero-order valence-electron chi connectivity index (χ0n) is 12.5. The minimum absolute atomic E-state index is 0.0706. The van der Waals surface area contributed by atoms with Crippen molar-refractivity contribution in [3.8, 4) is 0 Å². The topological polar surface area (TPSA) is 36.4 Å². The van der Waals surface area contributed by atoms with E-state index in [1.807, 2.05) is 0 Å². The molecule has 1 aliphatic heterocycles. The number of amides is 1. The average Bonchev–Trinajstić information content (AvgIpc) is 2.50. The molecule has 0 unspecified atom stereocenters. The summed E-state index contributed by atoms with van der Waals surface area (Å²) in [6, 6.07) is 1.30. The molecule has 1 aliphatic rings. The lowest BCUT2D eigenvalue weighted by Crippen LogP contribution is -2.45. The molecule has 1 aromatic rings. The van der Waals surface area contributed by atoms with Crippen LogP contribution in [0.25, 0.3) is 0 Å². The Kier molecular flexibility index (Phi) is 5.22. The number of likely N-dealkylation sites (tertiary alicyclic amines) is 1. The van der Waals surface area contributed by atoms with E-state index in [1.165, 1.54) is 11.0 Å². The number of hydrogen-bond donors (Lipinski definition) is 0. The lowest BCUT2D eigenvalue weighted by molar-refractivity contribution is 0.0636. The molecule has 2 heterocycles. The van der Waals surface area contributed by atoms with Crippen LogP contribution < -0.4 is 0 Å². The Labute approximate surface area is 123 Å². The minimum Gasteiger partial charge on any atom is -0.339 e. The predicted octanol–water partition coefficient (Wildman–Crippen LogP) is 2.31. The number of rotatable bonds is 4. The molecule has 0 aliphatic carbocycles. The summed E-state index contributed by atoms with van der Waals surface area (Å²) in [7, 11) is 1.65. The average molecular weight is 297 g/mol. The highest BCUT2D eigenvalue weighted by Crippen LogP contribution is 2.19. The third kappa shape index (κ3) is 3.56. The summed E-state index contributed by atoms with van der Waals surface area (Å²) in [5.74, 6) is -2.88. The SMILES string of the molecule is CCCN1CCC(N(C)C(=O)c2ccnc(F)c2F)CC1. The van der Waals surface area contributed by atoms with Gasteiger partial charge in [-0.3, -0.25) is 4.79 Å². The summed E-state index contributed by atoms with van der Waals surface area (Å²) in [4.78, 5) is 19.4. The highest BCUT2D eigenvalue weighted by atomic mass is 19.2. The van der Waals surface area contributed by atoms with Gasteiger partial charge in [0.05, 0.1) is 5.56 Å². The Balaban J connectivity index is 2.02. The van der Waals surface area contributed by atoms with Crippen LogP contribution in [0.1, 0.15) is 36.5 Å². The zero-order chi connectivity index (χ0) is 15.4. The number of aromatic nitrogens is 1. The third-order valence-corrected chi connectivity index (χ3v) is 4.04. The maximum Gasteiger partial charge on any atom is 0.257 e. The maximum absolute atomic E-state index is 13.6. The first kappa shape index (κ1) is 15.8. The van der Waals surface area contributed by atoms with Gasteiger partial charge in [-0.2, -0.15) is 4.39 Å². The van der Waals surface area contributed by atoms with Gasteiger partial charge in [-0.1, -0.05) is 6.92 Å². The molecule has 21 heavy (non-hydrogen) atoms. The van der Waals surface area contributed by atoms with Crippen LogP contribution in [0.15, 0.2) is 12.3 Å². The first-order valence-electron chi connectivity index (χ1n) is 7.34. The number of pyridine rings is 1. The molecule has 0 aromatic carbocycles. The number of nitrogens with zero attached hydrogens (tertiary/aromatic N) is 3. The normalized spacial score (nSPS) is 17.0. The van der Waals surface area contributed by atoms with Crippen molar-refractivity contribution in [1.29, 1.82) is 0 Å². The van der Waals surface area contributed by atoms with Crippen LogP contribution >= 0.6 is 0 Å². The van der Waals surface area contributed by atoms with E-state index >= 15 is 0 Å². The van der Waals surface area contributed by atoms with Crippen molar-refractivity contribution in [3.63, 3.8) is 0 Å². The first-order chi connectivity index (χ1) is 10.0. The van der Waals surface area contributed by atoms with Gasteiger partial charge in [-0.15, -0.1) is 0 Å². The van der Waals surface area contributed by atoms with Crippen molar-refractivity contribution in [3.05, 3.63) is 29.6 Å². The molecule has 116 valence electrons. The Morgan fingerprint density at radius 3 is 2.71 bits per heavy atom. The molecule has 0 N–H and O–H groups in total. The van der Waals surface area contributed by atoms with E-state index in [2.05, 4.69) is 16.8 Å². The van der Waals surface area contributed by atoms with Crippen LogP contribution in [-0.2, 0) is 0 Å². The van der Waals surface area contributed by atoms with Gasteiger partial charge in [-0.25, -0.2) is 9.37 Å². The van der Waals surface area contributed by atoms with Gasteiger partial charge in [0, 0.05) is 32.4 Å². The van der Waals surface area contributed by atoms with Crippen LogP contribution in [0.4, 0.5) is 8.78 Å². The van der Waals surface area contributed by atoms with Crippen molar-refractivity contribution >= 4 is 5.91 Å². The standard InChI is InChI=1S/C15H21F2N3O/c1-3-8-20-9-5-11(6-10-20)19(2)15(21)12-4-7-18-14(17)13(12)16/h4,7,11H,3,5-6,8-10H2,1-2H3. The van der Waals surface area contributed by atoms with Gasteiger partial charge in [-0.05, 0) is 31.9 Å². The Bertz CT molecular complexity index is 502. The van der Waals surface area contributed by atoms with Crippen LogP contribution in [0.3, 0.4) is 0 Å². The number of carbonyl (C=O) groups excluding carboxylic acids is 1. The van der Waals surface area contributed by atoms with E-state index in [0.29, 0.717) is 0 Å². The van der Waals surface area contributed by atoms with Crippen LogP contribution in [0, 0.1) is 11.8 Å². The van der Waals surface area contributed by atoms with Crippen LogP contribution in [0.2, 0.25) is 0 Å². The maximum atomic E-state index is 13.6. The summed E-state index contributed by atoms with van der Waals surface area (Å²) in [6.07, 6.45) is 3.94. The molecule has 0 radical (unpaired) electrons. The second-order valence-electron chi connectivity index (χ2n) is 5.45. The molecule has 2 rings (SSSR count). The molecule has 1 amide bonds. The van der Waals surface area contributed by atoms with Crippen LogP contribution in [-0.4, -0.2) is 53.4 Å². The fourth-order valence-electron chi connectivity index (χ4n) is 2.79. The third-order valence-electron chi connectivity index (χ3n) is 4.04. The summed E-state index contributed by atoms with van der Waals surface area (Å²) in [6.45, 7) is 5.07. The summed E-state index contributed by atoms with van der Waals surface area (Å²) in [5, 5.41) is 0. The first-order valence-corrected chi connectivity index (χ1v) is 7.34. The monoisotopic (exact) mass is 297 g/mol. The fourth-order valence-corrected chi connectivity index (χ4v) is 2.79. The van der Waals surface area contributed by atoms with E-state index < -0.39 is 17.7 Å². The van der Waals surface area contributed by atoms with Gasteiger partial charge < -0.3 is 9.80 Å². The van der Waals surface area contributed by atoms with Crippen molar-refractivity contribution in [1.82, 2.24) is 14.8 Å². The van der Waals surface area contributed by atoms with Gasteiger partial charge in [0.1, 0.15) is 0 Å². The van der Waals surface area contributed by atoms with Crippen LogP contribution in [0.5, 0.6) is 0 Å². The van der Waals surface area contributed by atoms with E-state index in [-0.39, 0.29) is 11.6 Å². The second kappa shape index (κ2) is 6.93. The smallest absolute Gasteiger partial charge is 0.257 e. The number of hydrogen-bond acceptors (Lipinski definition) is 3. The second-order valence-corrected chi connectivity index (χ2v) is 5.45. The molecule has 4 nitrogen and oxygen atoms in total. The van der Waals surface area contributed by atoms with Crippen molar-refractivity contribution < 1.29 is 13.6 Å². The lowest BCUT2D eigenvalue weighted by Gasteiger charge is -2.36. The molecule has 1 saturated heterocycles. The molecule has 6 heteroatoms. The molecule has 1 fully saturated rings. The van der Waals surface area contributed by atoms with Gasteiger partial charge in [0.25, 0.3) is 5.91 Å². The van der Waals surface area contributed by atoms with Gasteiger partial charge >= 0.3 is 0 Å². The number of halogens is 2. The Hall–Kier alpha value is -1.56. The predicted molar refractivity (Wildman–Crippen MR) is 76.0 cm³/mol. The number of piperidine rings is 1. The lowest BCUT2D eigenvalue weighted by atomic mass is 10.0. The van der Waals surface area contributed by atoms with E-state index in [0.717, 1.165) is 45.1 Å². The minimum atomic E-state index is -1.23. The van der Waals surface area contributed by atoms with E-state index in [9.17, 15) is 13.6 Å². The Morgan fingerprint density at radius 1 is 1.43 bits per heavy atom. The molecule has 0 bridgehead atoms. The molecule has 0 atom stereocenters. The molecule has 0 saturated carbocycles. The summed E-state index contributed by atoms with van der Waals surface area (Å²) >= 11 is 0. The van der Waals surface area contributed by atoms with Gasteiger partial charge in [0.15, 0.2) is 5.82 Å². The summed E-state index contributed by atoms with van der Waals surface area (Å²) in [5.41, 5.74) is -0.249. The van der Waals surface area contributed by atoms with E-state index in [4.69, 9.17) is 0 Å². The molecule has 1 aromatic heterocycles. The highest BCUT2D eigenvalue weighted by molar-refractivity contribution is 5.94. The fraction of sp³-hybridized carbons (Fsp3) is 0.600. The molecular weight excluding hydrogens is 276 g/mol. The van der Waals surface area contributed by atoms with Gasteiger partial charge in [0.2, 0.25) is 5.95 Å². The Morgan fingerprint density at radius 2 is 2.10 bits per heavy atom. The largest absolute Gasteiger partial charge is 0.339 e. The zero-order valence-corrected chi connectivity index (χ0v) is 12.5. The summed E-state index contributed by atoms with van der Waals surface area (Å²) < 4.78 is 26.8. The molecular formula is C15H21F2N3O. The van der Waals surface area contributed by atoms with Crippen molar-refractivity contribution in [2.24, 2.45) is 0 Å². The van der Waals surface area contributed by atoms with E-state index in [1.54, 1.807) is 7.05 Å². The molecule has 0 spiro atoms. The number of carbonyl (C=O) groups is 1.